The molecule has 0 saturated heterocycles. The van der Waals surface area contributed by atoms with Gasteiger partial charge in [0.2, 0.25) is 5.91 Å². The molecule has 3 rings (SSSR count). The lowest BCUT2D eigenvalue weighted by Crippen LogP contribution is -2.44. The Bertz CT molecular complexity index is 599. The summed E-state index contributed by atoms with van der Waals surface area (Å²) >= 11 is 0. The summed E-state index contributed by atoms with van der Waals surface area (Å²) in [6.45, 7) is 3.81. The van der Waals surface area contributed by atoms with Crippen LogP contribution in [0.2, 0.25) is 0 Å². The van der Waals surface area contributed by atoms with Crippen LogP contribution < -0.4 is 15.5 Å². The van der Waals surface area contributed by atoms with E-state index in [2.05, 4.69) is 28.6 Å². The summed E-state index contributed by atoms with van der Waals surface area (Å²) in [6, 6.07) is 8.62. The molecular formula is C19H29IN4O. The highest BCUT2D eigenvalue weighted by Crippen LogP contribution is 2.27. The van der Waals surface area contributed by atoms with Crippen molar-refractivity contribution in [1.29, 1.82) is 0 Å². The number of hydrogen-bond acceptors (Lipinski definition) is 2. The number of nitrogens with one attached hydrogen (secondary N) is 2. The van der Waals surface area contributed by atoms with E-state index in [9.17, 15) is 4.79 Å². The first-order valence-electron chi connectivity index (χ1n) is 9.21. The predicted molar refractivity (Wildman–Crippen MR) is 114 cm³/mol. The summed E-state index contributed by atoms with van der Waals surface area (Å²) in [5, 5.41) is 6.75. The molecule has 1 saturated carbocycles. The number of hydrogen-bond donors (Lipinski definition) is 2. The fourth-order valence-electron chi connectivity index (χ4n) is 3.59. The van der Waals surface area contributed by atoms with Crippen molar-refractivity contribution in [2.45, 2.75) is 51.5 Å². The number of anilines is 1. The molecule has 1 aliphatic carbocycles. The number of carbonyl (C=O) groups is 1. The molecule has 6 heteroatoms. The highest BCUT2D eigenvalue weighted by atomic mass is 127. The normalized spacial score (nSPS) is 17.6. The Kier molecular flexibility index (Phi) is 7.99. The number of nitrogens with zero attached hydrogens (tertiary/aromatic N) is 2. The molecule has 1 aromatic rings. The lowest BCUT2D eigenvalue weighted by molar-refractivity contribution is -0.117. The highest BCUT2D eigenvalue weighted by molar-refractivity contribution is 14.0. The van der Waals surface area contributed by atoms with Gasteiger partial charge in [-0.1, -0.05) is 37.5 Å². The fourth-order valence-corrected chi connectivity index (χ4v) is 3.59. The van der Waals surface area contributed by atoms with Gasteiger partial charge in [-0.05, 0) is 37.8 Å². The molecule has 138 valence electrons. The third-order valence-corrected chi connectivity index (χ3v) is 4.85. The van der Waals surface area contributed by atoms with Crippen LogP contribution in [0.1, 0.15) is 44.6 Å². The Labute approximate surface area is 167 Å². The number of aliphatic imine (C=N–C) groups is 1. The number of carbonyl (C=O) groups excluding carboxylic acids is 1. The quantitative estimate of drug-likeness (QED) is 0.416. The molecule has 0 radical (unpaired) electrons. The second kappa shape index (κ2) is 9.99. The number of halogens is 1. The van der Waals surface area contributed by atoms with Crippen LogP contribution in [0.5, 0.6) is 0 Å². The van der Waals surface area contributed by atoms with Crippen LogP contribution >= 0.6 is 24.0 Å². The maximum Gasteiger partial charge on any atom is 0.248 e. The zero-order valence-corrected chi connectivity index (χ0v) is 17.3. The summed E-state index contributed by atoms with van der Waals surface area (Å²) in [6.07, 6.45) is 7.21. The second-order valence-electron chi connectivity index (χ2n) is 6.60. The highest BCUT2D eigenvalue weighted by Gasteiger charge is 2.23. The molecule has 0 unspecified atom stereocenters. The van der Waals surface area contributed by atoms with Gasteiger partial charge >= 0.3 is 0 Å². The summed E-state index contributed by atoms with van der Waals surface area (Å²) in [5.41, 5.74) is 2.30. The molecule has 1 fully saturated rings. The molecule has 2 N–H and O–H groups in total. The molecule has 0 bridgehead atoms. The summed E-state index contributed by atoms with van der Waals surface area (Å²) in [7, 11) is 0. The lowest BCUT2D eigenvalue weighted by atomic mass is 9.96. The van der Waals surface area contributed by atoms with Crippen LogP contribution in [0, 0.1) is 0 Å². The number of benzene rings is 1. The molecule has 2 aliphatic rings. The van der Waals surface area contributed by atoms with Crippen molar-refractivity contribution < 1.29 is 4.79 Å². The molecule has 1 heterocycles. The van der Waals surface area contributed by atoms with Gasteiger partial charge in [-0.3, -0.25) is 4.79 Å². The van der Waals surface area contributed by atoms with Crippen molar-refractivity contribution >= 4 is 41.5 Å². The maximum atomic E-state index is 12.6. The van der Waals surface area contributed by atoms with Crippen LogP contribution in [0.25, 0.3) is 0 Å². The van der Waals surface area contributed by atoms with Crippen molar-refractivity contribution in [2.75, 3.05) is 24.5 Å². The van der Waals surface area contributed by atoms with Crippen LogP contribution in [-0.2, 0) is 11.2 Å². The van der Waals surface area contributed by atoms with Crippen molar-refractivity contribution in [3.05, 3.63) is 29.8 Å². The van der Waals surface area contributed by atoms with Gasteiger partial charge in [-0.25, -0.2) is 4.99 Å². The van der Waals surface area contributed by atoms with Crippen molar-refractivity contribution in [2.24, 2.45) is 4.99 Å². The number of amides is 1. The zero-order chi connectivity index (χ0) is 16.8. The Morgan fingerprint density at radius 2 is 2.00 bits per heavy atom. The van der Waals surface area contributed by atoms with Gasteiger partial charge in [0.25, 0.3) is 0 Å². The van der Waals surface area contributed by atoms with E-state index < -0.39 is 0 Å². The minimum Gasteiger partial charge on any atom is -0.357 e. The Morgan fingerprint density at radius 3 is 2.76 bits per heavy atom. The Morgan fingerprint density at radius 1 is 1.24 bits per heavy atom. The fraction of sp³-hybridized carbons (Fsp3) is 0.579. The van der Waals surface area contributed by atoms with Crippen LogP contribution in [-0.4, -0.2) is 37.5 Å². The van der Waals surface area contributed by atoms with Crippen molar-refractivity contribution in [3.8, 4) is 0 Å². The van der Waals surface area contributed by atoms with E-state index in [0.717, 1.165) is 31.2 Å². The predicted octanol–water partition coefficient (Wildman–Crippen LogP) is 3.08. The van der Waals surface area contributed by atoms with E-state index in [-0.39, 0.29) is 36.4 Å². The number of guanidine groups is 1. The average molecular weight is 456 g/mol. The third kappa shape index (κ3) is 5.33. The number of para-hydroxylation sites is 1. The molecule has 0 spiro atoms. The number of rotatable bonds is 4. The van der Waals surface area contributed by atoms with Gasteiger partial charge in [0.05, 0.1) is 0 Å². The molecule has 1 amide bonds. The van der Waals surface area contributed by atoms with Crippen LogP contribution in [0.3, 0.4) is 0 Å². The van der Waals surface area contributed by atoms with E-state index in [1.54, 1.807) is 0 Å². The molecule has 0 atom stereocenters. The van der Waals surface area contributed by atoms with Gasteiger partial charge in [0.15, 0.2) is 5.96 Å². The number of fused-ring (bicyclic) bond motifs is 1. The first-order valence-corrected chi connectivity index (χ1v) is 9.21. The molecule has 1 aliphatic heterocycles. The first kappa shape index (κ1) is 20.0. The summed E-state index contributed by atoms with van der Waals surface area (Å²) in [5.74, 6) is 0.839. The topological polar surface area (TPSA) is 56.7 Å². The molecular weight excluding hydrogens is 427 g/mol. The Balaban J connectivity index is 0.00000225. The third-order valence-electron chi connectivity index (χ3n) is 4.85. The van der Waals surface area contributed by atoms with Gasteiger partial charge in [0, 0.05) is 24.8 Å². The lowest BCUT2D eigenvalue weighted by Gasteiger charge is -2.25. The first-order chi connectivity index (χ1) is 11.8. The molecule has 5 nitrogen and oxygen atoms in total. The Hall–Kier alpha value is -1.31. The van der Waals surface area contributed by atoms with E-state index >= 15 is 0 Å². The van der Waals surface area contributed by atoms with Crippen molar-refractivity contribution in [3.63, 3.8) is 0 Å². The zero-order valence-electron chi connectivity index (χ0n) is 15.0. The standard InChI is InChI=1S/C19H28N4O.HI/c1-2-20-19(22-16-9-4-3-5-10-16)21-14-18(24)23-13-12-15-8-6-7-11-17(15)23;/h6-8,11,16H,2-5,9-10,12-14H2,1H3,(H2,20,21,22);1H. The van der Waals surface area contributed by atoms with E-state index in [1.165, 1.54) is 37.7 Å². The van der Waals surface area contributed by atoms with Gasteiger partial charge in [0.1, 0.15) is 6.54 Å². The van der Waals surface area contributed by atoms with Crippen molar-refractivity contribution in [1.82, 2.24) is 10.6 Å². The molecule has 25 heavy (non-hydrogen) atoms. The molecule has 1 aromatic carbocycles. The monoisotopic (exact) mass is 456 g/mol. The van der Waals surface area contributed by atoms with Crippen LogP contribution in [0.4, 0.5) is 5.69 Å². The van der Waals surface area contributed by atoms with E-state index in [0.29, 0.717) is 6.04 Å². The average Bonchev–Trinajstić information content (AvgIpc) is 3.05. The summed E-state index contributed by atoms with van der Waals surface area (Å²) < 4.78 is 0. The van der Waals surface area contributed by atoms with Gasteiger partial charge < -0.3 is 15.5 Å². The second-order valence-corrected chi connectivity index (χ2v) is 6.60. The molecule has 0 aromatic heterocycles. The summed E-state index contributed by atoms with van der Waals surface area (Å²) in [4.78, 5) is 19.0. The smallest absolute Gasteiger partial charge is 0.248 e. The van der Waals surface area contributed by atoms with E-state index in [1.807, 2.05) is 23.1 Å². The SMILES string of the molecule is CCNC(=NCC(=O)N1CCc2ccccc21)NC1CCCCC1.I. The largest absolute Gasteiger partial charge is 0.357 e. The van der Waals surface area contributed by atoms with E-state index in [4.69, 9.17) is 0 Å². The van der Waals surface area contributed by atoms with Gasteiger partial charge in [-0.15, -0.1) is 24.0 Å². The minimum atomic E-state index is 0. The van der Waals surface area contributed by atoms with Crippen LogP contribution in [0.15, 0.2) is 29.3 Å². The maximum absolute atomic E-state index is 12.6. The van der Waals surface area contributed by atoms with Gasteiger partial charge in [-0.2, -0.15) is 0 Å². The minimum absolute atomic E-state index is 0.